The summed E-state index contributed by atoms with van der Waals surface area (Å²) in [5.41, 5.74) is 1.07. The molecule has 1 aromatic rings. The van der Waals surface area contributed by atoms with Gasteiger partial charge in [-0.2, -0.15) is 0 Å². The Balaban J connectivity index is 1.73. The number of likely N-dealkylation sites (N-methyl/N-ethyl adjacent to an activating group) is 1. The van der Waals surface area contributed by atoms with Crippen molar-refractivity contribution < 1.29 is 14.6 Å². The van der Waals surface area contributed by atoms with Crippen LogP contribution in [0.1, 0.15) is 5.56 Å². The van der Waals surface area contributed by atoms with Crippen molar-refractivity contribution in [2.24, 2.45) is 0 Å². The van der Waals surface area contributed by atoms with E-state index in [9.17, 15) is 5.11 Å². The number of methoxy groups -OCH3 is 1. The molecule has 1 aromatic carbocycles. The molecule has 5 nitrogen and oxygen atoms in total. The maximum Gasteiger partial charge on any atom is 0.126 e. The maximum atomic E-state index is 10.2. The molecule has 0 saturated carbocycles. The van der Waals surface area contributed by atoms with Crippen LogP contribution in [-0.2, 0) is 4.74 Å². The number of morpholine rings is 1. The lowest BCUT2D eigenvalue weighted by Crippen LogP contribution is -2.44. The van der Waals surface area contributed by atoms with Crippen LogP contribution < -0.4 is 4.74 Å². The fourth-order valence-corrected chi connectivity index (χ4v) is 2.74. The Labute approximate surface area is 139 Å². The monoisotopic (exact) mass is 320 g/mol. The first-order valence-electron chi connectivity index (χ1n) is 8.15. The average Bonchev–Trinajstić information content (AvgIpc) is 2.56. The molecule has 1 atom stereocenters. The zero-order chi connectivity index (χ0) is 16.5. The van der Waals surface area contributed by atoms with E-state index in [4.69, 9.17) is 9.47 Å². The first-order chi connectivity index (χ1) is 11.2. The third-order valence-corrected chi connectivity index (χ3v) is 3.95. The Kier molecular flexibility index (Phi) is 7.55. The van der Waals surface area contributed by atoms with E-state index < -0.39 is 0 Å². The summed E-state index contributed by atoms with van der Waals surface area (Å²) in [6, 6.07) is 7.94. The summed E-state index contributed by atoms with van der Waals surface area (Å²) in [6.45, 7) is 5.52. The number of rotatable bonds is 8. The lowest BCUT2D eigenvalue weighted by atomic mass is 10.2. The van der Waals surface area contributed by atoms with Gasteiger partial charge in [-0.1, -0.05) is 30.4 Å². The molecule has 2 rings (SSSR count). The second-order valence-corrected chi connectivity index (χ2v) is 5.93. The molecule has 0 aliphatic carbocycles. The van der Waals surface area contributed by atoms with Gasteiger partial charge in [0.25, 0.3) is 0 Å². The van der Waals surface area contributed by atoms with Crippen LogP contribution in [0.5, 0.6) is 5.75 Å². The number of benzene rings is 1. The Morgan fingerprint density at radius 2 is 2.09 bits per heavy atom. The lowest BCUT2D eigenvalue weighted by Gasteiger charge is -2.29. The molecule has 1 N–H and O–H groups in total. The summed E-state index contributed by atoms with van der Waals surface area (Å²) in [5.74, 6) is 0.874. The Bertz CT molecular complexity index is 487. The van der Waals surface area contributed by atoms with E-state index in [0.717, 1.165) is 44.2 Å². The van der Waals surface area contributed by atoms with Crippen LogP contribution in [0.15, 0.2) is 30.3 Å². The molecule has 1 aliphatic heterocycles. The van der Waals surface area contributed by atoms with E-state index >= 15 is 0 Å². The highest BCUT2D eigenvalue weighted by Crippen LogP contribution is 2.18. The van der Waals surface area contributed by atoms with Crippen LogP contribution in [-0.4, -0.2) is 81.1 Å². The van der Waals surface area contributed by atoms with Gasteiger partial charge >= 0.3 is 0 Å². The van der Waals surface area contributed by atoms with Crippen molar-refractivity contribution in [2.45, 2.75) is 6.10 Å². The van der Waals surface area contributed by atoms with Crippen molar-refractivity contribution in [3.05, 3.63) is 35.9 Å². The van der Waals surface area contributed by atoms with Crippen molar-refractivity contribution in [3.8, 4) is 5.75 Å². The zero-order valence-corrected chi connectivity index (χ0v) is 14.1. The third-order valence-electron chi connectivity index (χ3n) is 3.95. The first-order valence-corrected chi connectivity index (χ1v) is 8.15. The summed E-state index contributed by atoms with van der Waals surface area (Å²) in [7, 11) is 3.70. The highest BCUT2D eigenvalue weighted by Gasteiger charge is 2.15. The minimum absolute atomic E-state index is 0.335. The van der Waals surface area contributed by atoms with Gasteiger partial charge in [-0.3, -0.25) is 4.90 Å². The Morgan fingerprint density at radius 3 is 2.83 bits per heavy atom. The Hall–Kier alpha value is -1.40. The molecular weight excluding hydrogens is 292 g/mol. The number of β-amino-alcohol motifs (C(OH)–C–C–N with tert-alkyl or cyclic N) is 1. The molecular formula is C18H28N2O3. The molecule has 0 spiro atoms. The molecule has 0 amide bonds. The largest absolute Gasteiger partial charge is 0.496 e. The molecule has 128 valence electrons. The van der Waals surface area contributed by atoms with Crippen molar-refractivity contribution in [1.82, 2.24) is 9.80 Å². The summed E-state index contributed by atoms with van der Waals surface area (Å²) < 4.78 is 10.7. The van der Waals surface area contributed by atoms with Crippen LogP contribution in [0.3, 0.4) is 0 Å². The summed E-state index contributed by atoms with van der Waals surface area (Å²) in [6.07, 6.45) is 3.82. The predicted molar refractivity (Wildman–Crippen MR) is 92.8 cm³/mol. The van der Waals surface area contributed by atoms with Gasteiger partial charge in [-0.15, -0.1) is 0 Å². The molecule has 1 saturated heterocycles. The minimum Gasteiger partial charge on any atom is -0.496 e. The normalized spacial score (nSPS) is 17.7. The first kappa shape index (κ1) is 17.9. The SMILES string of the molecule is COc1ccccc1/C=C/CN(C)CC(O)CN1CCOCC1. The quantitative estimate of drug-likeness (QED) is 0.783. The highest BCUT2D eigenvalue weighted by molar-refractivity contribution is 5.57. The van der Waals surface area contributed by atoms with E-state index in [0.29, 0.717) is 13.1 Å². The van der Waals surface area contributed by atoms with Gasteiger partial charge in [0, 0.05) is 38.3 Å². The van der Waals surface area contributed by atoms with Crippen molar-refractivity contribution in [3.63, 3.8) is 0 Å². The van der Waals surface area contributed by atoms with Gasteiger partial charge in [0.1, 0.15) is 5.75 Å². The molecule has 1 fully saturated rings. The van der Waals surface area contributed by atoms with E-state index in [1.807, 2.05) is 31.3 Å². The average molecular weight is 320 g/mol. The highest BCUT2D eigenvalue weighted by atomic mass is 16.5. The molecule has 1 heterocycles. The minimum atomic E-state index is -0.335. The smallest absolute Gasteiger partial charge is 0.126 e. The van der Waals surface area contributed by atoms with Crippen LogP contribution >= 0.6 is 0 Å². The number of aliphatic hydroxyl groups excluding tert-OH is 1. The molecule has 0 aromatic heterocycles. The zero-order valence-electron chi connectivity index (χ0n) is 14.1. The van der Waals surface area contributed by atoms with Crippen molar-refractivity contribution in [1.29, 1.82) is 0 Å². The van der Waals surface area contributed by atoms with Gasteiger partial charge in [-0.05, 0) is 13.1 Å². The van der Waals surface area contributed by atoms with Crippen molar-refractivity contribution in [2.75, 3.05) is 60.1 Å². The maximum absolute atomic E-state index is 10.2. The van der Waals surface area contributed by atoms with Gasteiger partial charge in [0.2, 0.25) is 0 Å². The van der Waals surface area contributed by atoms with Gasteiger partial charge in [-0.25, -0.2) is 0 Å². The Morgan fingerprint density at radius 1 is 1.35 bits per heavy atom. The fourth-order valence-electron chi connectivity index (χ4n) is 2.74. The van der Waals surface area contributed by atoms with E-state index in [2.05, 4.69) is 22.0 Å². The molecule has 1 aliphatic rings. The fraction of sp³-hybridized carbons (Fsp3) is 0.556. The van der Waals surface area contributed by atoms with Crippen LogP contribution in [0.4, 0.5) is 0 Å². The van der Waals surface area contributed by atoms with Crippen LogP contribution in [0.25, 0.3) is 6.08 Å². The number of para-hydroxylation sites is 1. The standard InChI is InChI=1S/C18H28N2O3/c1-19(14-17(21)15-20-10-12-23-13-11-20)9-5-7-16-6-3-4-8-18(16)22-2/h3-8,17,21H,9-15H2,1-2H3/b7-5+. The molecule has 0 bridgehead atoms. The molecule has 23 heavy (non-hydrogen) atoms. The lowest BCUT2D eigenvalue weighted by molar-refractivity contribution is 0.00936. The third kappa shape index (κ3) is 6.31. The van der Waals surface area contributed by atoms with Crippen LogP contribution in [0.2, 0.25) is 0 Å². The number of hydrogen-bond acceptors (Lipinski definition) is 5. The van der Waals surface area contributed by atoms with E-state index in [1.165, 1.54) is 0 Å². The van der Waals surface area contributed by atoms with Gasteiger partial charge < -0.3 is 19.5 Å². The number of hydrogen-bond donors (Lipinski definition) is 1. The second-order valence-electron chi connectivity index (χ2n) is 5.93. The molecule has 1 unspecified atom stereocenters. The molecule has 5 heteroatoms. The van der Waals surface area contributed by atoms with Crippen LogP contribution in [0, 0.1) is 0 Å². The predicted octanol–water partition coefficient (Wildman–Crippen LogP) is 1.33. The van der Waals surface area contributed by atoms with E-state index in [1.54, 1.807) is 7.11 Å². The topological polar surface area (TPSA) is 45.2 Å². The second kappa shape index (κ2) is 9.67. The summed E-state index contributed by atoms with van der Waals surface area (Å²) in [5, 5.41) is 10.2. The summed E-state index contributed by atoms with van der Waals surface area (Å²) >= 11 is 0. The number of aliphatic hydroxyl groups is 1. The number of ether oxygens (including phenoxy) is 2. The van der Waals surface area contributed by atoms with Gasteiger partial charge in [0.15, 0.2) is 0 Å². The number of nitrogens with zero attached hydrogens (tertiary/aromatic N) is 2. The van der Waals surface area contributed by atoms with E-state index in [-0.39, 0.29) is 6.10 Å². The molecule has 0 radical (unpaired) electrons. The van der Waals surface area contributed by atoms with Crippen molar-refractivity contribution >= 4 is 6.08 Å². The van der Waals surface area contributed by atoms with Gasteiger partial charge in [0.05, 0.1) is 26.4 Å². The summed E-state index contributed by atoms with van der Waals surface area (Å²) in [4.78, 5) is 4.38.